The van der Waals surface area contributed by atoms with Crippen LogP contribution in [0.1, 0.15) is 15.9 Å². The summed E-state index contributed by atoms with van der Waals surface area (Å²) in [6, 6.07) is 18.6. The van der Waals surface area contributed by atoms with Crippen molar-refractivity contribution >= 4 is 51.8 Å². The van der Waals surface area contributed by atoms with Gasteiger partial charge in [-0.3, -0.25) is 9.59 Å². The number of rotatable bonds is 10. The molecule has 9 heteroatoms. The maximum atomic E-state index is 12.7. The standard InChI is InChI=1S/C28H28ClN3O4S/c1-18-8-10-20(15-22(18)29)31-27(33)17-37-26-16-32(23-7-5-4-6-21(23)26)13-12-30-28(34)19-9-11-24(35-2)25(14-19)36-3/h4-11,14-16H,12-13,17H2,1-3H3,(H,30,34)(H,31,33). The van der Waals surface area contributed by atoms with Crippen LogP contribution in [0.3, 0.4) is 0 Å². The van der Waals surface area contributed by atoms with Crippen LogP contribution in [0.25, 0.3) is 10.9 Å². The minimum absolute atomic E-state index is 0.107. The Morgan fingerprint density at radius 2 is 1.78 bits per heavy atom. The minimum Gasteiger partial charge on any atom is -0.493 e. The van der Waals surface area contributed by atoms with Gasteiger partial charge in [0, 0.05) is 51.4 Å². The van der Waals surface area contributed by atoms with Crippen LogP contribution in [0.4, 0.5) is 5.69 Å². The maximum absolute atomic E-state index is 12.7. The van der Waals surface area contributed by atoms with Crippen molar-refractivity contribution in [3.05, 3.63) is 83.0 Å². The first-order valence-corrected chi connectivity index (χ1v) is 13.0. The summed E-state index contributed by atoms with van der Waals surface area (Å²) in [4.78, 5) is 26.2. The number of nitrogens with zero attached hydrogens (tertiary/aromatic N) is 1. The molecule has 4 aromatic rings. The summed E-state index contributed by atoms with van der Waals surface area (Å²) in [5, 5.41) is 7.53. The van der Waals surface area contributed by atoms with Gasteiger partial charge < -0.3 is 24.7 Å². The molecule has 0 saturated heterocycles. The number of thioether (sulfide) groups is 1. The van der Waals surface area contributed by atoms with Crippen molar-refractivity contribution in [2.24, 2.45) is 0 Å². The van der Waals surface area contributed by atoms with Crippen LogP contribution in [0, 0.1) is 6.92 Å². The highest BCUT2D eigenvalue weighted by molar-refractivity contribution is 8.00. The van der Waals surface area contributed by atoms with Crippen molar-refractivity contribution in [3.63, 3.8) is 0 Å². The van der Waals surface area contributed by atoms with Crippen molar-refractivity contribution < 1.29 is 19.1 Å². The highest BCUT2D eigenvalue weighted by Crippen LogP contribution is 2.30. The molecule has 37 heavy (non-hydrogen) atoms. The summed E-state index contributed by atoms with van der Waals surface area (Å²) in [7, 11) is 3.09. The number of amides is 2. The number of hydrogen-bond donors (Lipinski definition) is 2. The molecule has 2 amide bonds. The quantitative estimate of drug-likeness (QED) is 0.251. The average molecular weight is 538 g/mol. The van der Waals surface area contributed by atoms with Crippen LogP contribution in [-0.4, -0.2) is 42.9 Å². The van der Waals surface area contributed by atoms with Crippen LogP contribution in [-0.2, 0) is 11.3 Å². The molecule has 0 spiro atoms. The predicted molar refractivity (Wildman–Crippen MR) is 149 cm³/mol. The van der Waals surface area contributed by atoms with Crippen LogP contribution in [0.15, 0.2) is 71.8 Å². The monoisotopic (exact) mass is 537 g/mol. The molecule has 0 radical (unpaired) electrons. The number of carbonyl (C=O) groups excluding carboxylic acids is 2. The van der Waals surface area contributed by atoms with E-state index in [0.29, 0.717) is 40.9 Å². The Hall–Kier alpha value is -3.62. The first kappa shape index (κ1) is 26.4. The molecule has 0 unspecified atom stereocenters. The number of aryl methyl sites for hydroxylation is 1. The highest BCUT2D eigenvalue weighted by Gasteiger charge is 2.13. The van der Waals surface area contributed by atoms with E-state index in [-0.39, 0.29) is 17.6 Å². The summed E-state index contributed by atoms with van der Waals surface area (Å²) in [6.45, 7) is 2.93. The third-order valence-electron chi connectivity index (χ3n) is 5.85. The van der Waals surface area contributed by atoms with Crippen molar-refractivity contribution in [2.45, 2.75) is 18.4 Å². The topological polar surface area (TPSA) is 81.6 Å². The second kappa shape index (κ2) is 12.1. The molecular formula is C28H28ClN3O4S. The second-order valence-corrected chi connectivity index (χ2v) is 9.75. The van der Waals surface area contributed by atoms with Gasteiger partial charge in [-0.15, -0.1) is 11.8 Å². The predicted octanol–water partition coefficient (Wildman–Crippen LogP) is 5.78. The molecule has 192 valence electrons. The average Bonchev–Trinajstić information content (AvgIpc) is 3.26. The molecular weight excluding hydrogens is 510 g/mol. The van der Waals surface area contributed by atoms with Gasteiger partial charge in [0.05, 0.1) is 20.0 Å². The number of benzene rings is 3. The normalized spacial score (nSPS) is 10.8. The zero-order valence-corrected chi connectivity index (χ0v) is 22.4. The summed E-state index contributed by atoms with van der Waals surface area (Å²) in [5.41, 5.74) is 3.17. The summed E-state index contributed by atoms with van der Waals surface area (Å²) >= 11 is 7.63. The van der Waals surface area contributed by atoms with Gasteiger partial charge in [-0.2, -0.15) is 0 Å². The highest BCUT2D eigenvalue weighted by atomic mass is 35.5. The Morgan fingerprint density at radius 3 is 2.54 bits per heavy atom. The number of ether oxygens (including phenoxy) is 2. The van der Waals surface area contributed by atoms with E-state index in [1.54, 1.807) is 31.4 Å². The summed E-state index contributed by atoms with van der Waals surface area (Å²) < 4.78 is 12.6. The molecule has 7 nitrogen and oxygen atoms in total. The van der Waals surface area contributed by atoms with Crippen LogP contribution < -0.4 is 20.1 Å². The van der Waals surface area contributed by atoms with E-state index in [4.69, 9.17) is 21.1 Å². The Kier molecular flexibility index (Phi) is 8.63. The third-order valence-corrected chi connectivity index (χ3v) is 7.30. The number of fused-ring (bicyclic) bond motifs is 1. The van der Waals surface area contributed by atoms with E-state index in [2.05, 4.69) is 15.2 Å². The van der Waals surface area contributed by atoms with Gasteiger partial charge in [-0.1, -0.05) is 35.9 Å². The number of hydrogen-bond acceptors (Lipinski definition) is 5. The van der Waals surface area contributed by atoms with Gasteiger partial charge in [-0.25, -0.2) is 0 Å². The third kappa shape index (κ3) is 6.39. The van der Waals surface area contributed by atoms with Gasteiger partial charge in [0.15, 0.2) is 11.5 Å². The summed E-state index contributed by atoms with van der Waals surface area (Å²) in [6.07, 6.45) is 2.02. The lowest BCUT2D eigenvalue weighted by atomic mass is 10.2. The Balaban J connectivity index is 1.38. The van der Waals surface area contributed by atoms with Gasteiger partial charge >= 0.3 is 0 Å². The van der Waals surface area contributed by atoms with Gasteiger partial charge in [0.25, 0.3) is 5.91 Å². The van der Waals surface area contributed by atoms with Crippen molar-refractivity contribution in [3.8, 4) is 11.5 Å². The smallest absolute Gasteiger partial charge is 0.251 e. The van der Waals surface area contributed by atoms with E-state index in [1.165, 1.54) is 18.9 Å². The van der Waals surface area contributed by atoms with Crippen molar-refractivity contribution in [1.29, 1.82) is 0 Å². The number of carbonyl (C=O) groups is 2. The lowest BCUT2D eigenvalue weighted by Gasteiger charge is -2.10. The number of nitrogens with one attached hydrogen (secondary N) is 2. The second-order valence-electron chi connectivity index (χ2n) is 8.33. The molecule has 0 fully saturated rings. The van der Waals surface area contributed by atoms with Crippen molar-refractivity contribution in [2.75, 3.05) is 31.8 Å². The number of methoxy groups -OCH3 is 2. The Bertz CT molecular complexity index is 1440. The molecule has 2 N–H and O–H groups in total. The SMILES string of the molecule is COc1ccc(C(=O)NCCn2cc(SCC(=O)Nc3ccc(C)c(Cl)c3)c3ccccc32)cc1OC. The fourth-order valence-electron chi connectivity index (χ4n) is 3.89. The number of anilines is 1. The molecule has 1 heterocycles. The fourth-order valence-corrected chi connectivity index (χ4v) is 4.96. The molecule has 0 aliphatic heterocycles. The van der Waals surface area contributed by atoms with Crippen LogP contribution >= 0.6 is 23.4 Å². The van der Waals surface area contributed by atoms with Crippen LogP contribution in [0.2, 0.25) is 5.02 Å². The van der Waals surface area contributed by atoms with Gasteiger partial charge in [0.2, 0.25) is 5.91 Å². The molecule has 3 aromatic carbocycles. The molecule has 0 atom stereocenters. The molecule has 0 saturated carbocycles. The number of halogens is 1. The van der Waals surface area contributed by atoms with E-state index in [9.17, 15) is 9.59 Å². The zero-order chi connectivity index (χ0) is 26.4. The largest absolute Gasteiger partial charge is 0.493 e. The fraction of sp³-hybridized carbons (Fsp3) is 0.214. The lowest BCUT2D eigenvalue weighted by molar-refractivity contribution is -0.113. The van der Waals surface area contributed by atoms with E-state index >= 15 is 0 Å². The van der Waals surface area contributed by atoms with Gasteiger partial charge in [-0.05, 0) is 48.9 Å². The Morgan fingerprint density at radius 1 is 1.00 bits per heavy atom. The molecule has 0 aliphatic carbocycles. The van der Waals surface area contributed by atoms with Gasteiger partial charge in [0.1, 0.15) is 0 Å². The molecule has 0 aliphatic rings. The minimum atomic E-state index is -0.195. The zero-order valence-electron chi connectivity index (χ0n) is 20.8. The molecule has 0 bridgehead atoms. The molecule has 4 rings (SSSR count). The van der Waals surface area contributed by atoms with Crippen molar-refractivity contribution in [1.82, 2.24) is 9.88 Å². The summed E-state index contributed by atoms with van der Waals surface area (Å²) in [5.74, 6) is 1.03. The molecule has 1 aromatic heterocycles. The van der Waals surface area contributed by atoms with E-state index in [1.807, 2.05) is 49.5 Å². The van der Waals surface area contributed by atoms with E-state index in [0.717, 1.165) is 21.4 Å². The first-order chi connectivity index (χ1) is 17.9. The Labute approximate surface area is 225 Å². The van der Waals surface area contributed by atoms with Crippen LogP contribution in [0.5, 0.6) is 11.5 Å². The number of para-hydroxylation sites is 1. The lowest BCUT2D eigenvalue weighted by Crippen LogP contribution is -2.27. The first-order valence-electron chi connectivity index (χ1n) is 11.7. The van der Waals surface area contributed by atoms with E-state index < -0.39 is 0 Å². The number of aromatic nitrogens is 1. The maximum Gasteiger partial charge on any atom is 0.251 e.